The lowest BCUT2D eigenvalue weighted by Crippen LogP contribution is -2.29. The Hall–Kier alpha value is -2.03. The molecule has 3 N–H and O–H groups in total. The molecule has 53 heavy (non-hydrogen) atoms. The first kappa shape index (κ1) is 51.0. The van der Waals surface area contributed by atoms with Gasteiger partial charge < -0.3 is 20.1 Å². The summed E-state index contributed by atoms with van der Waals surface area (Å²) >= 11 is 0. The maximum Gasteiger partial charge on any atom is 0.472 e. The standard InChI is InChI=1S/C43H78NO8P/c1-3-5-7-9-11-13-15-17-19-20-22-24-26-28-30-32-34-36-43(46)52-41(40-51-53(47,48)50-38-37-44)39-49-42(45)35-33-31-29-27-25-23-21-18-16-14-12-10-8-6-4-2/h14,16-17,19,22,24,28,30,41H,3-13,15,18,20-21,23,25-27,29,31-40,44H2,1-2H3,(H,47,48)/t41-/m1/s1. The predicted octanol–water partition coefficient (Wildman–Crippen LogP) is 11.9. The molecule has 9 nitrogen and oxygen atoms in total. The van der Waals surface area contributed by atoms with Crippen molar-refractivity contribution in [3.8, 4) is 0 Å². The predicted molar refractivity (Wildman–Crippen MR) is 220 cm³/mol. The number of hydrogen-bond acceptors (Lipinski definition) is 8. The zero-order valence-corrected chi connectivity index (χ0v) is 34.6. The SMILES string of the molecule is CCCCCCC=CCCCCCCCCCC(=O)OC[C@H](COP(=O)(O)OCCN)OC(=O)CCCC=CCC=CCC=CCCCCCCCC. The maximum atomic E-state index is 12.5. The molecule has 308 valence electrons. The lowest BCUT2D eigenvalue weighted by molar-refractivity contribution is -0.161. The zero-order chi connectivity index (χ0) is 38.9. The van der Waals surface area contributed by atoms with Gasteiger partial charge in [-0.15, -0.1) is 0 Å². The Labute approximate surface area is 324 Å². The Balaban J connectivity index is 4.27. The van der Waals surface area contributed by atoms with Crippen molar-refractivity contribution in [2.75, 3.05) is 26.4 Å². The number of nitrogens with two attached hydrogens (primary N) is 1. The highest BCUT2D eigenvalue weighted by Gasteiger charge is 2.25. The molecule has 0 aliphatic heterocycles. The molecule has 0 rings (SSSR count). The van der Waals surface area contributed by atoms with Crippen LogP contribution < -0.4 is 5.73 Å². The minimum absolute atomic E-state index is 0.0439. The number of phosphoric ester groups is 1. The van der Waals surface area contributed by atoms with Crippen LogP contribution in [-0.4, -0.2) is 49.3 Å². The number of allylic oxidation sites excluding steroid dienone is 8. The fraction of sp³-hybridized carbons (Fsp3) is 0.767. The molecule has 0 amide bonds. The number of ether oxygens (including phenoxy) is 2. The molecule has 0 radical (unpaired) electrons. The molecular formula is C43H78NO8P. The first-order valence-corrected chi connectivity index (χ1v) is 22.6. The first-order chi connectivity index (χ1) is 25.8. The fourth-order valence-corrected chi connectivity index (χ4v) is 6.29. The van der Waals surface area contributed by atoms with Gasteiger partial charge in [0.05, 0.1) is 13.2 Å². The van der Waals surface area contributed by atoms with Gasteiger partial charge in [0.2, 0.25) is 0 Å². The molecule has 0 bridgehead atoms. The van der Waals surface area contributed by atoms with Crippen LogP contribution >= 0.6 is 7.82 Å². The normalized spacial score (nSPS) is 13.8. The molecule has 0 heterocycles. The number of carbonyl (C=O) groups is 2. The summed E-state index contributed by atoms with van der Waals surface area (Å²) in [5.74, 6) is -0.896. The third-order valence-electron chi connectivity index (χ3n) is 8.69. The number of phosphoric acid groups is 1. The van der Waals surface area contributed by atoms with Crippen molar-refractivity contribution in [2.24, 2.45) is 5.73 Å². The first-order valence-electron chi connectivity index (χ1n) is 21.1. The molecule has 0 aromatic heterocycles. The third-order valence-corrected chi connectivity index (χ3v) is 9.67. The van der Waals surface area contributed by atoms with Gasteiger partial charge in [-0.2, -0.15) is 0 Å². The summed E-state index contributed by atoms with van der Waals surface area (Å²) in [5, 5.41) is 0. The third kappa shape index (κ3) is 39.5. The monoisotopic (exact) mass is 768 g/mol. The van der Waals surface area contributed by atoms with E-state index in [4.69, 9.17) is 24.3 Å². The van der Waals surface area contributed by atoms with Crippen LogP contribution in [0.5, 0.6) is 0 Å². The van der Waals surface area contributed by atoms with E-state index < -0.39 is 32.5 Å². The average Bonchev–Trinajstić information content (AvgIpc) is 3.14. The lowest BCUT2D eigenvalue weighted by atomic mass is 10.1. The number of carbonyl (C=O) groups excluding carboxylic acids is 2. The van der Waals surface area contributed by atoms with Crippen LogP contribution in [-0.2, 0) is 32.7 Å². The molecule has 0 fully saturated rings. The second-order valence-corrected chi connectivity index (χ2v) is 15.3. The van der Waals surface area contributed by atoms with E-state index in [0.29, 0.717) is 12.8 Å². The highest BCUT2D eigenvalue weighted by atomic mass is 31.2. The van der Waals surface area contributed by atoms with Gasteiger partial charge in [0, 0.05) is 19.4 Å². The van der Waals surface area contributed by atoms with E-state index in [1.54, 1.807) is 0 Å². The van der Waals surface area contributed by atoms with Gasteiger partial charge >= 0.3 is 19.8 Å². The number of hydrogen-bond donors (Lipinski definition) is 2. The second-order valence-electron chi connectivity index (χ2n) is 13.8. The lowest BCUT2D eigenvalue weighted by Gasteiger charge is -2.19. The van der Waals surface area contributed by atoms with E-state index in [1.165, 1.54) is 89.9 Å². The molecule has 2 atom stereocenters. The Kier molecular flexibility index (Phi) is 38.1. The molecule has 0 spiro atoms. The topological polar surface area (TPSA) is 134 Å². The number of rotatable bonds is 39. The van der Waals surface area contributed by atoms with Crippen LogP contribution in [0.2, 0.25) is 0 Å². The van der Waals surface area contributed by atoms with Crippen molar-refractivity contribution < 1.29 is 37.6 Å². The summed E-state index contributed by atoms with van der Waals surface area (Å²) in [5.41, 5.74) is 5.34. The van der Waals surface area contributed by atoms with Gasteiger partial charge in [-0.3, -0.25) is 18.6 Å². The summed E-state index contributed by atoms with van der Waals surface area (Å²) in [4.78, 5) is 34.8. The molecule has 0 aromatic rings. The van der Waals surface area contributed by atoms with Crippen LogP contribution in [0.3, 0.4) is 0 Å². The Bertz CT molecular complexity index is 1010. The Morgan fingerprint density at radius 2 is 1.00 bits per heavy atom. The summed E-state index contributed by atoms with van der Waals surface area (Å²) in [6, 6.07) is 0. The molecule has 0 aliphatic rings. The minimum Gasteiger partial charge on any atom is -0.462 e. The summed E-state index contributed by atoms with van der Waals surface area (Å²) in [7, 11) is -4.39. The van der Waals surface area contributed by atoms with Crippen molar-refractivity contribution in [1.29, 1.82) is 0 Å². The molecule has 0 aromatic carbocycles. The zero-order valence-electron chi connectivity index (χ0n) is 33.7. The average molecular weight is 768 g/mol. The number of unbranched alkanes of at least 4 members (excludes halogenated alkanes) is 18. The van der Waals surface area contributed by atoms with Crippen molar-refractivity contribution in [2.45, 2.75) is 187 Å². The van der Waals surface area contributed by atoms with Gasteiger partial charge in [-0.25, -0.2) is 4.57 Å². The maximum absolute atomic E-state index is 12.5. The van der Waals surface area contributed by atoms with E-state index >= 15 is 0 Å². The summed E-state index contributed by atoms with van der Waals surface area (Å²) in [6.45, 7) is 3.64. The summed E-state index contributed by atoms with van der Waals surface area (Å²) in [6.07, 6.45) is 44.3. The van der Waals surface area contributed by atoms with Crippen LogP contribution in [0.15, 0.2) is 48.6 Å². The van der Waals surface area contributed by atoms with E-state index in [0.717, 1.165) is 51.4 Å². The molecule has 1 unspecified atom stereocenters. The van der Waals surface area contributed by atoms with Crippen LogP contribution in [0.1, 0.15) is 181 Å². The quantitative estimate of drug-likeness (QED) is 0.0271. The van der Waals surface area contributed by atoms with Crippen LogP contribution in [0.4, 0.5) is 0 Å². The highest BCUT2D eigenvalue weighted by molar-refractivity contribution is 7.47. The van der Waals surface area contributed by atoms with Crippen LogP contribution in [0, 0.1) is 0 Å². The molecule has 10 heteroatoms. The fourth-order valence-electron chi connectivity index (χ4n) is 5.53. The van der Waals surface area contributed by atoms with Gasteiger partial charge in [-0.05, 0) is 70.6 Å². The van der Waals surface area contributed by atoms with Gasteiger partial charge in [-0.1, -0.05) is 146 Å². The molecular weight excluding hydrogens is 689 g/mol. The van der Waals surface area contributed by atoms with Gasteiger partial charge in [0.15, 0.2) is 6.10 Å². The highest BCUT2D eigenvalue weighted by Crippen LogP contribution is 2.43. The van der Waals surface area contributed by atoms with Crippen molar-refractivity contribution in [3.63, 3.8) is 0 Å². The second kappa shape index (κ2) is 39.7. The molecule has 0 saturated heterocycles. The van der Waals surface area contributed by atoms with E-state index in [-0.39, 0.29) is 32.6 Å². The summed E-state index contributed by atoms with van der Waals surface area (Å²) < 4.78 is 32.7. The van der Waals surface area contributed by atoms with E-state index in [1.807, 2.05) is 6.08 Å². The smallest absolute Gasteiger partial charge is 0.462 e. The molecule has 0 saturated carbocycles. The van der Waals surface area contributed by atoms with Crippen molar-refractivity contribution in [3.05, 3.63) is 48.6 Å². The molecule has 0 aliphatic carbocycles. The minimum atomic E-state index is -4.39. The largest absolute Gasteiger partial charge is 0.472 e. The Morgan fingerprint density at radius 3 is 1.55 bits per heavy atom. The van der Waals surface area contributed by atoms with Gasteiger partial charge in [0.25, 0.3) is 0 Å². The number of esters is 2. The Morgan fingerprint density at radius 1 is 0.566 bits per heavy atom. The van der Waals surface area contributed by atoms with E-state index in [2.05, 4.69) is 56.4 Å². The van der Waals surface area contributed by atoms with Crippen LogP contribution in [0.25, 0.3) is 0 Å². The van der Waals surface area contributed by atoms with E-state index in [9.17, 15) is 19.0 Å². The van der Waals surface area contributed by atoms with Crippen molar-refractivity contribution >= 4 is 19.8 Å². The van der Waals surface area contributed by atoms with Gasteiger partial charge in [0.1, 0.15) is 6.61 Å². The van der Waals surface area contributed by atoms with Crippen molar-refractivity contribution in [1.82, 2.24) is 0 Å².